The molecule has 1 fully saturated rings. The standard InChI is InChI=1S/C28H37N3O7S/c1-4-39(34,35)31(23-13-14-25-26(16-23)38-19-37-25)18-27(32)30(17-21-9-8-12-24(15-21)36-3)20(2)28(33)29-22-10-6-5-7-11-22/h8-9,12-16,20,22H,4-7,10-11,17-19H2,1-3H3,(H,29,33)/t20-/m1/s1. The average Bonchev–Trinajstić information content (AvgIpc) is 3.42. The quantitative estimate of drug-likeness (QED) is 0.449. The second kappa shape index (κ2) is 12.6. The molecule has 1 atom stereocenters. The molecule has 11 heteroatoms. The van der Waals surface area contributed by atoms with Gasteiger partial charge in [-0.25, -0.2) is 8.42 Å². The van der Waals surface area contributed by atoms with E-state index in [-0.39, 0.29) is 36.7 Å². The van der Waals surface area contributed by atoms with Crippen molar-refractivity contribution in [2.75, 3.05) is 30.5 Å². The largest absolute Gasteiger partial charge is 0.497 e. The second-order valence-electron chi connectivity index (χ2n) is 9.84. The molecule has 0 unspecified atom stereocenters. The Labute approximate surface area is 230 Å². The summed E-state index contributed by atoms with van der Waals surface area (Å²) < 4.78 is 43.5. The third-order valence-corrected chi connectivity index (χ3v) is 8.97. The Balaban J connectivity index is 1.61. The zero-order valence-corrected chi connectivity index (χ0v) is 23.5. The zero-order chi connectivity index (χ0) is 28.0. The first kappa shape index (κ1) is 28.5. The molecule has 1 heterocycles. The number of amides is 2. The van der Waals surface area contributed by atoms with Crippen LogP contribution in [-0.2, 0) is 26.2 Å². The number of methoxy groups -OCH3 is 1. The number of nitrogens with zero attached hydrogens (tertiary/aromatic N) is 2. The summed E-state index contributed by atoms with van der Waals surface area (Å²) in [6, 6.07) is 11.2. The molecule has 1 aliphatic heterocycles. The van der Waals surface area contributed by atoms with Crippen LogP contribution in [0.5, 0.6) is 17.2 Å². The minimum Gasteiger partial charge on any atom is -0.497 e. The molecular formula is C28H37N3O7S. The van der Waals surface area contributed by atoms with Crippen molar-refractivity contribution >= 4 is 27.5 Å². The number of sulfonamides is 1. The number of nitrogens with one attached hydrogen (secondary N) is 1. The van der Waals surface area contributed by atoms with E-state index in [0.717, 1.165) is 42.0 Å². The van der Waals surface area contributed by atoms with Gasteiger partial charge < -0.3 is 24.4 Å². The minimum absolute atomic E-state index is 0.0418. The smallest absolute Gasteiger partial charge is 0.244 e. The van der Waals surface area contributed by atoms with E-state index >= 15 is 0 Å². The molecule has 0 radical (unpaired) electrons. The highest BCUT2D eigenvalue weighted by Crippen LogP contribution is 2.36. The van der Waals surface area contributed by atoms with Crippen LogP contribution in [0.1, 0.15) is 51.5 Å². The lowest BCUT2D eigenvalue weighted by Crippen LogP contribution is -2.53. The van der Waals surface area contributed by atoms with Gasteiger partial charge in [0.15, 0.2) is 11.5 Å². The Kier molecular flexibility index (Phi) is 9.21. The molecule has 2 aromatic rings. The second-order valence-corrected chi connectivity index (χ2v) is 12.0. The molecule has 2 amide bonds. The summed E-state index contributed by atoms with van der Waals surface area (Å²) in [5.41, 5.74) is 1.04. The number of carbonyl (C=O) groups excluding carboxylic acids is 2. The molecule has 39 heavy (non-hydrogen) atoms. The van der Waals surface area contributed by atoms with Gasteiger partial charge in [-0.2, -0.15) is 0 Å². The third kappa shape index (κ3) is 6.95. The number of benzene rings is 2. The first-order chi connectivity index (χ1) is 18.7. The van der Waals surface area contributed by atoms with Gasteiger partial charge in [0.05, 0.1) is 18.6 Å². The van der Waals surface area contributed by atoms with Crippen molar-refractivity contribution in [3.8, 4) is 17.2 Å². The van der Waals surface area contributed by atoms with Crippen LogP contribution in [0.3, 0.4) is 0 Å². The highest BCUT2D eigenvalue weighted by atomic mass is 32.2. The molecule has 212 valence electrons. The van der Waals surface area contributed by atoms with Crippen molar-refractivity contribution in [1.29, 1.82) is 0 Å². The summed E-state index contributed by atoms with van der Waals surface area (Å²) in [6.07, 6.45) is 5.10. The molecule has 2 aliphatic rings. The van der Waals surface area contributed by atoms with Crippen molar-refractivity contribution in [2.45, 2.75) is 64.6 Å². The summed E-state index contributed by atoms with van der Waals surface area (Å²) in [5.74, 6) is 0.568. The molecule has 10 nitrogen and oxygen atoms in total. The first-order valence-corrected chi connectivity index (χ1v) is 15.0. The van der Waals surface area contributed by atoms with Gasteiger partial charge in [0, 0.05) is 18.7 Å². The number of ether oxygens (including phenoxy) is 3. The molecule has 1 N–H and O–H groups in total. The minimum atomic E-state index is -3.84. The topological polar surface area (TPSA) is 114 Å². The van der Waals surface area contributed by atoms with E-state index in [1.807, 2.05) is 12.1 Å². The summed E-state index contributed by atoms with van der Waals surface area (Å²) in [7, 11) is -2.29. The lowest BCUT2D eigenvalue weighted by Gasteiger charge is -2.33. The van der Waals surface area contributed by atoms with E-state index in [4.69, 9.17) is 14.2 Å². The molecule has 0 bridgehead atoms. The number of rotatable bonds is 11. The van der Waals surface area contributed by atoms with Crippen molar-refractivity contribution < 1.29 is 32.2 Å². The van der Waals surface area contributed by atoms with Gasteiger partial charge in [-0.05, 0) is 56.5 Å². The Morgan fingerprint density at radius 1 is 1.08 bits per heavy atom. The maximum atomic E-state index is 13.9. The van der Waals surface area contributed by atoms with Crippen molar-refractivity contribution in [2.24, 2.45) is 0 Å². The van der Waals surface area contributed by atoms with E-state index in [0.29, 0.717) is 17.2 Å². The number of hydrogen-bond donors (Lipinski definition) is 1. The van der Waals surface area contributed by atoms with Gasteiger partial charge in [0.1, 0.15) is 18.3 Å². The normalized spacial score (nSPS) is 15.9. The van der Waals surface area contributed by atoms with Crippen molar-refractivity contribution in [3.63, 3.8) is 0 Å². The van der Waals surface area contributed by atoms with E-state index in [1.165, 1.54) is 11.8 Å². The molecular weight excluding hydrogens is 522 g/mol. The molecule has 1 aliphatic carbocycles. The van der Waals surface area contributed by atoms with Gasteiger partial charge in [-0.15, -0.1) is 0 Å². The third-order valence-electron chi connectivity index (χ3n) is 7.23. The van der Waals surface area contributed by atoms with Crippen LogP contribution in [-0.4, -0.2) is 63.4 Å². The predicted octanol–water partition coefficient (Wildman–Crippen LogP) is 3.45. The number of hydrogen-bond acceptors (Lipinski definition) is 7. The lowest BCUT2D eigenvalue weighted by molar-refractivity contribution is -0.139. The van der Waals surface area contributed by atoms with Crippen molar-refractivity contribution in [1.82, 2.24) is 10.2 Å². The van der Waals surface area contributed by atoms with Gasteiger partial charge in [-0.3, -0.25) is 13.9 Å². The van der Waals surface area contributed by atoms with Crippen LogP contribution >= 0.6 is 0 Å². The number of anilines is 1. The van der Waals surface area contributed by atoms with Gasteiger partial charge >= 0.3 is 0 Å². The van der Waals surface area contributed by atoms with E-state index in [9.17, 15) is 18.0 Å². The lowest BCUT2D eigenvalue weighted by atomic mass is 9.95. The Hall–Kier alpha value is -3.47. The van der Waals surface area contributed by atoms with Crippen LogP contribution in [0.2, 0.25) is 0 Å². The Bertz CT molecular complexity index is 1280. The Morgan fingerprint density at radius 2 is 1.82 bits per heavy atom. The highest BCUT2D eigenvalue weighted by Gasteiger charge is 2.32. The molecule has 1 saturated carbocycles. The molecule has 0 spiro atoms. The van der Waals surface area contributed by atoms with Crippen LogP contribution in [0, 0.1) is 0 Å². The zero-order valence-electron chi connectivity index (χ0n) is 22.7. The highest BCUT2D eigenvalue weighted by molar-refractivity contribution is 7.92. The predicted molar refractivity (Wildman–Crippen MR) is 147 cm³/mol. The SMILES string of the molecule is CCS(=O)(=O)N(CC(=O)N(Cc1cccc(OC)c1)[C@H](C)C(=O)NC1CCCCC1)c1ccc2c(c1)OCO2. The van der Waals surface area contributed by atoms with E-state index < -0.39 is 28.5 Å². The molecule has 2 aromatic carbocycles. The van der Waals surface area contributed by atoms with Crippen LogP contribution in [0.25, 0.3) is 0 Å². The van der Waals surface area contributed by atoms with Crippen LogP contribution in [0.4, 0.5) is 5.69 Å². The van der Waals surface area contributed by atoms with Crippen molar-refractivity contribution in [3.05, 3.63) is 48.0 Å². The number of fused-ring (bicyclic) bond motifs is 1. The van der Waals surface area contributed by atoms with Crippen LogP contribution in [0.15, 0.2) is 42.5 Å². The molecule has 4 rings (SSSR count). The maximum Gasteiger partial charge on any atom is 0.244 e. The van der Waals surface area contributed by atoms with E-state index in [1.54, 1.807) is 44.4 Å². The maximum absolute atomic E-state index is 13.9. The average molecular weight is 560 g/mol. The fourth-order valence-corrected chi connectivity index (χ4v) is 5.93. The van der Waals surface area contributed by atoms with Gasteiger partial charge in [0.25, 0.3) is 0 Å². The molecule has 0 saturated heterocycles. The summed E-state index contributed by atoms with van der Waals surface area (Å²) in [6.45, 7) is 2.88. The fourth-order valence-electron chi connectivity index (χ4n) is 4.88. The Morgan fingerprint density at radius 3 is 2.54 bits per heavy atom. The van der Waals surface area contributed by atoms with Gasteiger partial charge in [-0.1, -0.05) is 31.4 Å². The summed E-state index contributed by atoms with van der Waals surface area (Å²) in [4.78, 5) is 28.6. The first-order valence-electron chi connectivity index (χ1n) is 13.3. The fraction of sp³-hybridized carbons (Fsp3) is 0.500. The molecule has 0 aromatic heterocycles. The summed E-state index contributed by atoms with van der Waals surface area (Å²) >= 11 is 0. The monoisotopic (exact) mass is 559 g/mol. The summed E-state index contributed by atoms with van der Waals surface area (Å²) in [5, 5.41) is 3.10. The van der Waals surface area contributed by atoms with E-state index in [2.05, 4.69) is 5.32 Å². The number of carbonyl (C=O) groups is 2. The van der Waals surface area contributed by atoms with Crippen LogP contribution < -0.4 is 23.8 Å². The van der Waals surface area contributed by atoms with Gasteiger partial charge in [0.2, 0.25) is 28.6 Å².